The van der Waals surface area contributed by atoms with Crippen molar-refractivity contribution in [2.24, 2.45) is 17.8 Å². The van der Waals surface area contributed by atoms with Gasteiger partial charge in [-0.2, -0.15) is 0 Å². The fourth-order valence-electron chi connectivity index (χ4n) is 7.24. The number of carbonyl (C=O) groups excluding carboxylic acids is 1. The van der Waals surface area contributed by atoms with Crippen molar-refractivity contribution < 1.29 is 19.0 Å². The van der Waals surface area contributed by atoms with Crippen LogP contribution >= 0.6 is 0 Å². The van der Waals surface area contributed by atoms with Crippen LogP contribution in [0.4, 0.5) is 11.5 Å². The highest BCUT2D eigenvalue weighted by Gasteiger charge is 2.67. The lowest BCUT2D eigenvalue weighted by molar-refractivity contribution is -0.118. The summed E-state index contributed by atoms with van der Waals surface area (Å²) in [6.45, 7) is 1.42. The van der Waals surface area contributed by atoms with Gasteiger partial charge >= 0.3 is 0 Å². The van der Waals surface area contributed by atoms with Crippen molar-refractivity contribution in [2.75, 3.05) is 38.1 Å². The zero-order valence-electron chi connectivity index (χ0n) is 21.3. The van der Waals surface area contributed by atoms with E-state index in [1.165, 1.54) is 0 Å². The Labute approximate surface area is 216 Å². The lowest BCUT2D eigenvalue weighted by atomic mass is 9.74. The topological polar surface area (TPSA) is 119 Å². The van der Waals surface area contributed by atoms with Gasteiger partial charge in [0.25, 0.3) is 0 Å². The molecule has 10 nitrogen and oxygen atoms in total. The maximum atomic E-state index is 13.1. The molecule has 4 fully saturated rings. The summed E-state index contributed by atoms with van der Waals surface area (Å²) in [6, 6.07) is 6.27. The second kappa shape index (κ2) is 8.82. The first kappa shape index (κ1) is 23.2. The van der Waals surface area contributed by atoms with Gasteiger partial charge in [-0.05, 0) is 67.7 Å². The minimum atomic E-state index is -0.389. The van der Waals surface area contributed by atoms with E-state index >= 15 is 0 Å². The second-order valence-corrected chi connectivity index (χ2v) is 11.1. The van der Waals surface area contributed by atoms with E-state index in [0.29, 0.717) is 36.2 Å². The molecule has 196 valence electrons. The molecule has 1 aromatic heterocycles. The van der Waals surface area contributed by atoms with Crippen LogP contribution in [0.15, 0.2) is 24.4 Å². The monoisotopic (exact) mass is 506 g/mol. The average Bonchev–Trinajstić information content (AvgIpc) is 3.20. The Bertz CT molecular complexity index is 1220. The number of rotatable bonds is 6. The number of ether oxygens (including phenoxy) is 3. The highest BCUT2D eigenvalue weighted by molar-refractivity contribution is 6.09. The summed E-state index contributed by atoms with van der Waals surface area (Å²) in [4.78, 5) is 22.5. The first-order valence-corrected chi connectivity index (χ1v) is 13.4. The van der Waals surface area contributed by atoms with Crippen LogP contribution in [-0.2, 0) is 14.9 Å². The molecule has 0 radical (unpaired) electrons. The van der Waals surface area contributed by atoms with Crippen LogP contribution in [0, 0.1) is 17.8 Å². The number of methoxy groups -OCH3 is 2. The van der Waals surface area contributed by atoms with Gasteiger partial charge in [-0.25, -0.2) is 15.4 Å². The molecule has 2 saturated carbocycles. The Morgan fingerprint density at radius 3 is 2.89 bits per heavy atom. The summed E-state index contributed by atoms with van der Waals surface area (Å²) >= 11 is 0. The van der Waals surface area contributed by atoms with Gasteiger partial charge in [0.05, 0.1) is 38.6 Å². The summed E-state index contributed by atoms with van der Waals surface area (Å²) in [5.74, 6) is 4.63. The number of carbonyl (C=O) groups is 1. The standard InChI is InChI=1S/C27H34N6O4/c1-35-16-4-6-20-18(10-16)27(26(34)29-20)11-19(27)14-3-5-17-21(9-14)32-33-24(17)31-25-22(36-2)12-28-23(30-25)15-7-8-37-13-15/h4,6,10,12,14-15,17,19,21,24,32-33H,3,5,7-9,11,13H2,1-2H3,(H,29,34)(H,28,30,31)/t14?,15?,17?,19-,21?,24?,27-/m0/s1. The minimum absolute atomic E-state index is 0.0374. The Hall–Kier alpha value is -2.95. The van der Waals surface area contributed by atoms with E-state index in [-0.39, 0.29) is 23.4 Å². The molecule has 5 unspecified atom stereocenters. The number of nitrogens with one attached hydrogen (secondary N) is 4. The van der Waals surface area contributed by atoms with Crippen molar-refractivity contribution in [1.29, 1.82) is 0 Å². The van der Waals surface area contributed by atoms with Gasteiger partial charge in [-0.1, -0.05) is 0 Å². The summed E-state index contributed by atoms with van der Waals surface area (Å²) in [6.07, 6.45) is 6.87. The van der Waals surface area contributed by atoms with E-state index in [4.69, 9.17) is 19.2 Å². The average molecular weight is 507 g/mol. The summed E-state index contributed by atoms with van der Waals surface area (Å²) in [5.41, 5.74) is 8.67. The molecule has 2 aromatic rings. The Kier molecular flexibility index (Phi) is 5.53. The van der Waals surface area contributed by atoms with Gasteiger partial charge in [-0.3, -0.25) is 10.2 Å². The fraction of sp³-hybridized carbons (Fsp3) is 0.593. The molecule has 4 heterocycles. The van der Waals surface area contributed by atoms with E-state index in [9.17, 15) is 4.79 Å². The Morgan fingerprint density at radius 2 is 2.08 bits per heavy atom. The molecular formula is C27H34N6O4. The summed E-state index contributed by atoms with van der Waals surface area (Å²) in [5, 5.41) is 6.72. The molecule has 5 aliphatic rings. The zero-order chi connectivity index (χ0) is 25.1. The van der Waals surface area contributed by atoms with E-state index in [0.717, 1.165) is 67.4 Å². The third kappa shape index (κ3) is 3.68. The zero-order valence-corrected chi connectivity index (χ0v) is 21.3. The molecular weight excluding hydrogens is 472 g/mol. The molecule has 7 atom stereocenters. The van der Waals surface area contributed by atoms with Crippen molar-refractivity contribution in [2.45, 2.75) is 55.6 Å². The molecule has 1 spiro atoms. The first-order chi connectivity index (χ1) is 18.1. The maximum Gasteiger partial charge on any atom is 0.235 e. The van der Waals surface area contributed by atoms with Gasteiger partial charge in [0.15, 0.2) is 11.6 Å². The van der Waals surface area contributed by atoms with Gasteiger partial charge in [-0.15, -0.1) is 0 Å². The molecule has 2 saturated heterocycles. The molecule has 10 heteroatoms. The van der Waals surface area contributed by atoms with Crippen molar-refractivity contribution in [3.63, 3.8) is 0 Å². The van der Waals surface area contributed by atoms with Crippen LogP contribution in [0.3, 0.4) is 0 Å². The number of nitrogens with zero attached hydrogens (tertiary/aromatic N) is 2. The van der Waals surface area contributed by atoms with E-state index < -0.39 is 0 Å². The summed E-state index contributed by atoms with van der Waals surface area (Å²) in [7, 11) is 3.32. The molecule has 7 rings (SSSR count). The molecule has 1 aromatic carbocycles. The predicted octanol–water partition coefficient (Wildman–Crippen LogP) is 2.54. The smallest absolute Gasteiger partial charge is 0.235 e. The van der Waals surface area contributed by atoms with Gasteiger partial charge in [0, 0.05) is 30.2 Å². The number of hydrazine groups is 1. The predicted molar refractivity (Wildman–Crippen MR) is 136 cm³/mol. The number of fused-ring (bicyclic) bond motifs is 3. The van der Waals surface area contributed by atoms with Gasteiger partial charge < -0.3 is 24.8 Å². The molecule has 2 aliphatic carbocycles. The van der Waals surface area contributed by atoms with Gasteiger partial charge in [0.2, 0.25) is 5.91 Å². The van der Waals surface area contributed by atoms with Crippen LogP contribution in [0.1, 0.15) is 49.4 Å². The minimum Gasteiger partial charge on any atom is -0.497 e. The highest BCUT2D eigenvalue weighted by Crippen LogP contribution is 2.65. The largest absolute Gasteiger partial charge is 0.497 e. The number of benzene rings is 1. The molecule has 1 amide bonds. The normalized spacial score (nSPS) is 35.7. The van der Waals surface area contributed by atoms with Crippen molar-refractivity contribution >= 4 is 17.4 Å². The quantitative estimate of drug-likeness (QED) is 0.469. The highest BCUT2D eigenvalue weighted by atomic mass is 16.5. The SMILES string of the molecule is COc1ccc2c(c1)[C@]1(C[C@H]1C1CCC3C(C1)NNC3Nc1nc(C3CCOC3)ncc1OC)C(=O)N2. The third-order valence-electron chi connectivity index (χ3n) is 9.32. The van der Waals surface area contributed by atoms with Crippen molar-refractivity contribution in [3.8, 4) is 11.5 Å². The van der Waals surface area contributed by atoms with Crippen molar-refractivity contribution in [1.82, 2.24) is 20.8 Å². The first-order valence-electron chi connectivity index (χ1n) is 13.4. The van der Waals surface area contributed by atoms with E-state index in [2.05, 4.69) is 32.5 Å². The fourth-order valence-corrected chi connectivity index (χ4v) is 7.24. The molecule has 0 bridgehead atoms. The maximum absolute atomic E-state index is 13.1. The van der Waals surface area contributed by atoms with E-state index in [1.807, 2.05) is 12.1 Å². The Balaban J connectivity index is 1.05. The molecule has 4 N–H and O–H groups in total. The number of amides is 1. The number of anilines is 2. The lowest BCUT2D eigenvalue weighted by Crippen LogP contribution is -2.39. The molecule has 37 heavy (non-hydrogen) atoms. The summed E-state index contributed by atoms with van der Waals surface area (Å²) < 4.78 is 16.6. The van der Waals surface area contributed by atoms with Crippen LogP contribution in [0.5, 0.6) is 11.5 Å². The molecule has 3 aliphatic heterocycles. The van der Waals surface area contributed by atoms with Crippen LogP contribution in [-0.4, -0.2) is 55.5 Å². The van der Waals surface area contributed by atoms with Crippen LogP contribution < -0.4 is 31.0 Å². The van der Waals surface area contributed by atoms with Crippen molar-refractivity contribution in [3.05, 3.63) is 35.8 Å². The van der Waals surface area contributed by atoms with Crippen LogP contribution in [0.2, 0.25) is 0 Å². The van der Waals surface area contributed by atoms with Crippen LogP contribution in [0.25, 0.3) is 0 Å². The Morgan fingerprint density at radius 1 is 1.16 bits per heavy atom. The number of aromatic nitrogens is 2. The second-order valence-electron chi connectivity index (χ2n) is 11.1. The number of hydrogen-bond donors (Lipinski definition) is 4. The van der Waals surface area contributed by atoms with E-state index in [1.54, 1.807) is 20.4 Å². The van der Waals surface area contributed by atoms with Gasteiger partial charge in [0.1, 0.15) is 11.6 Å². The third-order valence-corrected chi connectivity index (χ3v) is 9.32. The lowest BCUT2D eigenvalue weighted by Gasteiger charge is -2.34. The number of hydrogen-bond acceptors (Lipinski definition) is 9.